The molecule has 0 bridgehead atoms. The van der Waals surface area contributed by atoms with Gasteiger partial charge in [-0.05, 0) is 218 Å². The van der Waals surface area contributed by atoms with Crippen molar-refractivity contribution in [3.05, 3.63) is 491 Å². The molecule has 4 aliphatic rings. The Bertz CT molecular complexity index is 6120. The van der Waals surface area contributed by atoms with E-state index in [0.29, 0.717) is 0 Å². The van der Waals surface area contributed by atoms with Crippen LogP contribution in [0.2, 0.25) is 0 Å². The third kappa shape index (κ3) is 40.3. The minimum absolute atomic E-state index is 0. The molecule has 0 radical (unpaired) electrons. The van der Waals surface area contributed by atoms with E-state index in [0.717, 1.165) is 72.9 Å². The van der Waals surface area contributed by atoms with Gasteiger partial charge in [0.1, 0.15) is 22.3 Å². The Hall–Kier alpha value is -16.1. The average molecular weight is 1890 g/mol. The SMILES string of the molecule is C.C.C1CCC2NCCCC2C1.C1CCNCC1.Cn1cc(-c2ccccc2)nn1.O=C(O)Cc1ccc(-c2ccccc2)cc1.c1c[nH]cn1.c1ccc(-c2ccccc2)cc1.c1ccc2[nH]ccc2c1.c1ccc2ccccc2c1.c1ccc2n[nH]nc2c1.c1ccc2ncccc2c1.c1ccc2occc2c1.c1ccc2scnc2c1.c1ccccc1.c1ccncc1.c1cnc2c(c1)CCCC2. The number of H-pyrrole nitrogens is 3. The number of fused-ring (bicyclic) bond motifs is 8. The molecular weight excluding hydrogens is 1760 g/mol. The van der Waals surface area contributed by atoms with Gasteiger partial charge in [-0.2, -0.15) is 15.4 Å². The number of carboxylic acid groups (broad SMARTS) is 1. The quantitative estimate of drug-likeness (QED) is 0.0939. The maximum Gasteiger partial charge on any atom is 0.307 e. The summed E-state index contributed by atoms with van der Waals surface area (Å²) in [6.07, 6.45) is 36.0. The monoisotopic (exact) mass is 1890 g/mol. The topological polar surface area (TPSA) is 243 Å². The molecule has 2 unspecified atom stereocenters. The lowest BCUT2D eigenvalue weighted by atomic mass is 9.80. The molecule has 0 spiro atoms. The van der Waals surface area contributed by atoms with Gasteiger partial charge in [0.2, 0.25) is 0 Å². The van der Waals surface area contributed by atoms with E-state index in [1.165, 1.54) is 157 Å². The number of aromatic nitrogens is 13. The lowest BCUT2D eigenvalue weighted by Gasteiger charge is -2.36. The van der Waals surface area contributed by atoms with Gasteiger partial charge in [-0.25, -0.2) is 9.97 Å². The van der Waals surface area contributed by atoms with E-state index in [1.807, 2.05) is 304 Å². The number of nitrogens with zero attached hydrogens (tertiary/aromatic N) is 10. The number of aryl methyl sites for hydroxylation is 3. The number of furan rings is 1. The van der Waals surface area contributed by atoms with Crippen LogP contribution in [-0.4, -0.2) is 102 Å². The van der Waals surface area contributed by atoms with Gasteiger partial charge >= 0.3 is 5.97 Å². The molecule has 0 amide bonds. The Balaban J connectivity index is 0.000000156. The van der Waals surface area contributed by atoms with Crippen molar-refractivity contribution < 1.29 is 14.3 Å². The number of carbonyl (C=O) groups is 1. The van der Waals surface area contributed by atoms with E-state index in [1.54, 1.807) is 53.4 Å². The van der Waals surface area contributed by atoms with Gasteiger partial charge in [0.25, 0.3) is 0 Å². The van der Waals surface area contributed by atoms with E-state index in [-0.39, 0.29) is 21.3 Å². The number of para-hydroxylation sites is 6. The van der Waals surface area contributed by atoms with Crippen molar-refractivity contribution in [2.75, 3.05) is 19.6 Å². The fourth-order valence-corrected chi connectivity index (χ4v) is 16.0. The molecule has 18 nitrogen and oxygen atoms in total. The number of nitrogens with one attached hydrogen (secondary N) is 5. The molecule has 3 fully saturated rings. The highest BCUT2D eigenvalue weighted by molar-refractivity contribution is 7.16. The number of pyridine rings is 3. The van der Waals surface area contributed by atoms with E-state index < -0.39 is 5.97 Å². The highest BCUT2D eigenvalue weighted by atomic mass is 32.1. The highest BCUT2D eigenvalue weighted by Gasteiger charge is 2.26. The summed E-state index contributed by atoms with van der Waals surface area (Å²) in [4.78, 5) is 36.5. The predicted molar refractivity (Wildman–Crippen MR) is 589 cm³/mol. The zero-order valence-corrected chi connectivity index (χ0v) is 79.7. The van der Waals surface area contributed by atoms with Crippen LogP contribution < -0.4 is 10.6 Å². The lowest BCUT2D eigenvalue weighted by molar-refractivity contribution is -0.136. The summed E-state index contributed by atoms with van der Waals surface area (Å²) in [5.41, 5.74) is 18.5. The van der Waals surface area contributed by atoms with Crippen LogP contribution in [0.5, 0.6) is 0 Å². The lowest BCUT2D eigenvalue weighted by Crippen LogP contribution is -2.42. The van der Waals surface area contributed by atoms with Crippen molar-refractivity contribution in [2.24, 2.45) is 13.0 Å². The van der Waals surface area contributed by atoms with Crippen molar-refractivity contribution in [1.82, 2.24) is 75.9 Å². The Kier molecular flexibility index (Phi) is 49.2. The van der Waals surface area contributed by atoms with Gasteiger partial charge in [0.15, 0.2) is 0 Å². The van der Waals surface area contributed by atoms with Gasteiger partial charge in [0, 0.05) is 84.0 Å². The van der Waals surface area contributed by atoms with Gasteiger partial charge < -0.3 is 30.1 Å². The molecule has 6 N–H and O–H groups in total. The summed E-state index contributed by atoms with van der Waals surface area (Å²) in [6, 6.07) is 136. The largest absolute Gasteiger partial charge is 0.481 e. The first kappa shape index (κ1) is 107. The summed E-state index contributed by atoms with van der Waals surface area (Å²) in [5.74, 6) is 0.245. The number of piperidine rings is 2. The smallest absolute Gasteiger partial charge is 0.307 e. The van der Waals surface area contributed by atoms with Crippen LogP contribution in [-0.2, 0) is 31.1 Å². The normalized spacial score (nSPS) is 12.9. The van der Waals surface area contributed by atoms with Crippen molar-refractivity contribution >= 4 is 82.1 Å². The van der Waals surface area contributed by atoms with Crippen molar-refractivity contribution in [3.8, 4) is 33.5 Å². The third-order valence-electron chi connectivity index (χ3n) is 22.4. The van der Waals surface area contributed by atoms with Crippen LogP contribution in [0.25, 0.3) is 98.3 Å². The summed E-state index contributed by atoms with van der Waals surface area (Å²) >= 11 is 1.68. The molecule has 141 heavy (non-hydrogen) atoms. The number of hydrogen-bond acceptors (Lipinski definition) is 14. The minimum atomic E-state index is -0.799. The molecule has 26 rings (SSSR count). The standard InChI is InChI=1S/C14H12O2.C12H10.C10H8.C9H9N3.C9H17N.C9H11N.C9H7N.C8H7N.C8H6O.C7H5NS.C6H5N3.C6H6.C5H11N.C5H5N.C3H4N2.2CH4/c15-14(16)10-11-6-8-13(9-7-11)12-4-2-1-3-5-12;1-3-7-11(8-4-1)12-9-5-2-6-10-12;1-2-6-10-8-4-3-7-9(10)5-1;1-12-7-9(10-11-12)8-5-3-2-4-6-8;3*1-2-6-9-8(4-1)5-3-7-10-9;2*1-2-4-8-7(3-1)5-6-9-8;1-2-4-7-6(3-1)8-5-9-7;1-2-4-6-5(3-1)7-9-8-6;3*1-2-4-6-5-3-1;1-2-5-3-4-1;;/h1-9H,10H2,(H,15,16);1-10H;1-8H;2-7H,1H3;8-10H,1-7H2;3,5,7H,1-2,4,6H2;1-7H;1-6,9H;1-6H;1-5H;1-4H,(H,7,8,9);1-6H;6H,1-5H2;1-5H;1-3H,(H,4,5);2*1H4. The first-order valence-electron chi connectivity index (χ1n) is 47.6. The number of aromatic amines is 3. The second-order valence-electron chi connectivity index (χ2n) is 32.5. The van der Waals surface area contributed by atoms with Gasteiger partial charge in [-0.1, -0.05) is 367 Å². The van der Waals surface area contributed by atoms with Crippen LogP contribution in [0.3, 0.4) is 0 Å². The molecule has 19 heteroatoms. The summed E-state index contributed by atoms with van der Waals surface area (Å²) < 4.78 is 8.08. The van der Waals surface area contributed by atoms with E-state index in [4.69, 9.17) is 9.52 Å². The zero-order chi connectivity index (χ0) is 95.9. The molecule has 2 aliphatic heterocycles. The second kappa shape index (κ2) is 64.9. The Morgan fingerprint density at radius 3 is 1.42 bits per heavy atom. The van der Waals surface area contributed by atoms with E-state index in [9.17, 15) is 4.79 Å². The molecule has 1 saturated carbocycles. The third-order valence-corrected chi connectivity index (χ3v) is 23.2. The molecule has 718 valence electrons. The molecule has 2 atom stereocenters. The number of carboxylic acids is 1. The van der Waals surface area contributed by atoms with Gasteiger partial charge in [-0.3, -0.25) is 24.4 Å². The van der Waals surface area contributed by atoms with Gasteiger partial charge in [0.05, 0.1) is 46.5 Å². The van der Waals surface area contributed by atoms with Crippen molar-refractivity contribution in [2.45, 2.75) is 111 Å². The molecular formula is C122H131N15O3S. The number of thiazole rings is 1. The highest BCUT2D eigenvalue weighted by Crippen LogP contribution is 2.31. The van der Waals surface area contributed by atoms with Crippen molar-refractivity contribution in [1.29, 1.82) is 0 Å². The van der Waals surface area contributed by atoms with Crippen LogP contribution in [0.1, 0.15) is 102 Å². The van der Waals surface area contributed by atoms with Crippen LogP contribution in [0, 0.1) is 5.92 Å². The van der Waals surface area contributed by atoms with Crippen LogP contribution in [0.15, 0.2) is 479 Å². The van der Waals surface area contributed by atoms with Crippen LogP contribution >= 0.6 is 11.3 Å². The maximum absolute atomic E-state index is 10.5. The Labute approximate surface area is 834 Å². The molecule has 9 aromatic heterocycles. The molecule has 11 heterocycles. The number of aliphatic carboxylic acids is 1. The summed E-state index contributed by atoms with van der Waals surface area (Å²) in [5, 5.41) is 40.0. The Morgan fingerprint density at radius 1 is 0.404 bits per heavy atom. The number of hydrogen-bond donors (Lipinski definition) is 6. The average Bonchev–Trinajstić information content (AvgIpc) is 1.87. The van der Waals surface area contributed by atoms with Crippen molar-refractivity contribution in [3.63, 3.8) is 0 Å². The Morgan fingerprint density at radius 2 is 0.908 bits per heavy atom. The first-order valence-corrected chi connectivity index (χ1v) is 48.4. The maximum atomic E-state index is 10.5. The second-order valence-corrected chi connectivity index (χ2v) is 33.4. The predicted octanol–water partition coefficient (Wildman–Crippen LogP) is 29.8. The van der Waals surface area contributed by atoms with Crippen LogP contribution in [0.4, 0.5) is 0 Å². The summed E-state index contributed by atoms with van der Waals surface area (Å²) in [6.45, 7) is 3.78. The fraction of sp³-hybridized carbons (Fsp3) is 0.180. The minimum Gasteiger partial charge on any atom is -0.481 e. The number of benzene rings is 13. The molecule has 2 aliphatic carbocycles. The zero-order valence-electron chi connectivity index (χ0n) is 78.9. The summed E-state index contributed by atoms with van der Waals surface area (Å²) in [7, 11) is 1.86. The number of imidazole rings is 1. The molecule has 22 aromatic rings. The van der Waals surface area contributed by atoms with Gasteiger partial charge in [-0.15, -0.1) is 16.4 Å². The molecule has 2 saturated heterocycles. The van der Waals surface area contributed by atoms with E-state index >= 15 is 0 Å². The van der Waals surface area contributed by atoms with E-state index in [2.05, 4.69) is 211 Å². The first-order chi connectivity index (χ1) is 68.8. The fourth-order valence-electron chi connectivity index (χ4n) is 15.3. The number of rotatable bonds is 5. The molecule has 13 aromatic carbocycles.